The molecule has 0 radical (unpaired) electrons. The Morgan fingerprint density at radius 2 is 2.28 bits per heavy atom. The lowest BCUT2D eigenvalue weighted by Crippen LogP contribution is -2.38. The molecule has 98 valence electrons. The molecule has 1 fully saturated rings. The zero-order valence-electron chi connectivity index (χ0n) is 10.5. The minimum atomic E-state index is -1.02. The van der Waals surface area contributed by atoms with Gasteiger partial charge in [-0.15, -0.1) is 0 Å². The van der Waals surface area contributed by atoms with Crippen molar-refractivity contribution in [2.24, 2.45) is 0 Å². The Hall–Kier alpha value is -1.85. The first-order valence-electron chi connectivity index (χ1n) is 6.08. The number of imidazole rings is 1. The molecule has 1 unspecified atom stereocenters. The minimum absolute atomic E-state index is 0.242. The highest BCUT2D eigenvalue weighted by atomic mass is 16.4. The van der Waals surface area contributed by atoms with Crippen molar-refractivity contribution in [3.8, 4) is 0 Å². The Morgan fingerprint density at radius 1 is 1.61 bits per heavy atom. The summed E-state index contributed by atoms with van der Waals surface area (Å²) < 4.78 is 1.88. The number of nitrogens with zero attached hydrogens (tertiary/aromatic N) is 3. The molecule has 0 aliphatic heterocycles. The summed E-state index contributed by atoms with van der Waals surface area (Å²) in [4.78, 5) is 28.4. The van der Waals surface area contributed by atoms with Gasteiger partial charge in [0.15, 0.2) is 6.04 Å². The number of aromatic nitrogens is 2. The van der Waals surface area contributed by atoms with E-state index in [0.717, 1.165) is 12.8 Å². The molecule has 0 saturated heterocycles. The van der Waals surface area contributed by atoms with Crippen molar-refractivity contribution in [1.82, 2.24) is 14.5 Å². The van der Waals surface area contributed by atoms with Crippen LogP contribution in [0, 0.1) is 0 Å². The van der Waals surface area contributed by atoms with Gasteiger partial charge in [-0.3, -0.25) is 4.79 Å². The summed E-state index contributed by atoms with van der Waals surface area (Å²) >= 11 is 0. The van der Waals surface area contributed by atoms with Crippen molar-refractivity contribution >= 4 is 11.9 Å². The van der Waals surface area contributed by atoms with Gasteiger partial charge in [0.05, 0.1) is 18.2 Å². The molecule has 1 aliphatic carbocycles. The maximum atomic E-state index is 11.5. The third kappa shape index (κ3) is 2.23. The molecule has 0 spiro atoms. The molecular formula is C12H17N3O3. The highest BCUT2D eigenvalue weighted by Crippen LogP contribution is 2.37. The Balaban J connectivity index is 2.37. The van der Waals surface area contributed by atoms with Crippen LogP contribution in [0.4, 0.5) is 0 Å². The van der Waals surface area contributed by atoms with E-state index < -0.39 is 12.0 Å². The van der Waals surface area contributed by atoms with Gasteiger partial charge in [-0.05, 0) is 19.8 Å². The number of hydrogen-bond acceptors (Lipinski definition) is 3. The van der Waals surface area contributed by atoms with Crippen molar-refractivity contribution in [2.75, 3.05) is 6.54 Å². The Kier molecular flexibility index (Phi) is 3.36. The standard InChI is InChI=1S/C12H17N3O3/c1-3-14(8(2)16)11(12(17)18)10-6-13-7-15(10)9-4-5-9/h6-7,9,11H,3-5H2,1-2H3,(H,17,18). The fraction of sp³-hybridized carbons (Fsp3) is 0.583. The smallest absolute Gasteiger partial charge is 0.332 e. The van der Waals surface area contributed by atoms with Crippen molar-refractivity contribution in [3.05, 3.63) is 18.2 Å². The molecule has 1 saturated carbocycles. The van der Waals surface area contributed by atoms with E-state index in [9.17, 15) is 14.7 Å². The van der Waals surface area contributed by atoms with Crippen LogP contribution in [0.2, 0.25) is 0 Å². The Labute approximate surface area is 105 Å². The van der Waals surface area contributed by atoms with Crippen molar-refractivity contribution < 1.29 is 14.7 Å². The number of aliphatic carboxylic acids is 1. The van der Waals surface area contributed by atoms with Crippen LogP contribution in [0.1, 0.15) is 44.5 Å². The first kappa shape index (κ1) is 12.6. The molecule has 18 heavy (non-hydrogen) atoms. The molecule has 1 amide bonds. The van der Waals surface area contributed by atoms with Crippen molar-refractivity contribution in [3.63, 3.8) is 0 Å². The summed E-state index contributed by atoms with van der Waals surface area (Å²) in [6.45, 7) is 3.52. The summed E-state index contributed by atoms with van der Waals surface area (Å²) in [5.41, 5.74) is 0.585. The lowest BCUT2D eigenvalue weighted by molar-refractivity contribution is -0.150. The average Bonchev–Trinajstić information content (AvgIpc) is 3.04. The van der Waals surface area contributed by atoms with Gasteiger partial charge in [0, 0.05) is 19.5 Å². The van der Waals surface area contributed by atoms with Crippen LogP contribution in [-0.2, 0) is 9.59 Å². The number of likely N-dealkylation sites (N-methyl/N-ethyl adjacent to an activating group) is 1. The second kappa shape index (κ2) is 4.80. The number of amides is 1. The summed E-state index contributed by atoms with van der Waals surface area (Å²) in [5.74, 6) is -1.26. The molecule has 1 N–H and O–H groups in total. The van der Waals surface area contributed by atoms with Crippen molar-refractivity contribution in [2.45, 2.75) is 38.8 Å². The first-order valence-corrected chi connectivity index (χ1v) is 6.08. The van der Waals surface area contributed by atoms with Crippen LogP contribution >= 0.6 is 0 Å². The molecule has 1 heterocycles. The number of carbonyl (C=O) groups excluding carboxylic acids is 1. The van der Waals surface area contributed by atoms with Crippen LogP contribution in [0.5, 0.6) is 0 Å². The van der Waals surface area contributed by atoms with Crippen molar-refractivity contribution in [1.29, 1.82) is 0 Å². The fourth-order valence-corrected chi connectivity index (χ4v) is 2.19. The minimum Gasteiger partial charge on any atom is -0.479 e. The molecule has 0 aromatic carbocycles. The zero-order valence-corrected chi connectivity index (χ0v) is 10.5. The van der Waals surface area contributed by atoms with Gasteiger partial charge >= 0.3 is 5.97 Å². The molecule has 1 aromatic rings. The topological polar surface area (TPSA) is 75.4 Å². The third-order valence-electron chi connectivity index (χ3n) is 3.21. The average molecular weight is 251 g/mol. The number of hydrogen-bond donors (Lipinski definition) is 1. The second-order valence-electron chi connectivity index (χ2n) is 4.50. The summed E-state index contributed by atoms with van der Waals surface area (Å²) in [6.07, 6.45) is 5.28. The monoisotopic (exact) mass is 251 g/mol. The predicted octanol–water partition coefficient (Wildman–Crippen LogP) is 1.21. The number of carboxylic acids is 1. The molecule has 1 atom stereocenters. The Morgan fingerprint density at radius 3 is 2.72 bits per heavy atom. The zero-order chi connectivity index (χ0) is 13.3. The van der Waals surface area contributed by atoms with Gasteiger partial charge < -0.3 is 14.6 Å². The highest BCUT2D eigenvalue weighted by molar-refractivity contribution is 5.83. The maximum Gasteiger partial charge on any atom is 0.332 e. The normalized spacial score (nSPS) is 16.3. The predicted molar refractivity (Wildman–Crippen MR) is 63.9 cm³/mol. The molecule has 6 nitrogen and oxygen atoms in total. The van der Waals surface area contributed by atoms with Gasteiger partial charge in [-0.25, -0.2) is 9.78 Å². The van der Waals surface area contributed by atoms with E-state index in [-0.39, 0.29) is 5.91 Å². The number of carboxylic acid groups (broad SMARTS) is 1. The van der Waals surface area contributed by atoms with Crippen LogP contribution in [0.3, 0.4) is 0 Å². The lowest BCUT2D eigenvalue weighted by atomic mass is 10.1. The van der Waals surface area contributed by atoms with E-state index in [1.165, 1.54) is 11.8 Å². The highest BCUT2D eigenvalue weighted by Gasteiger charge is 2.34. The number of carbonyl (C=O) groups is 2. The molecule has 2 rings (SSSR count). The van der Waals surface area contributed by atoms with Gasteiger partial charge in [0.2, 0.25) is 5.91 Å². The summed E-state index contributed by atoms with van der Waals surface area (Å²) in [5, 5.41) is 9.39. The van der Waals surface area contributed by atoms with Gasteiger partial charge in [-0.1, -0.05) is 0 Å². The summed E-state index contributed by atoms with van der Waals surface area (Å²) in [7, 11) is 0. The van der Waals surface area contributed by atoms with Crippen LogP contribution in [-0.4, -0.2) is 38.0 Å². The molecule has 6 heteroatoms. The fourth-order valence-electron chi connectivity index (χ4n) is 2.19. The van der Waals surface area contributed by atoms with Gasteiger partial charge in [0.1, 0.15) is 0 Å². The third-order valence-corrected chi connectivity index (χ3v) is 3.21. The molecule has 0 bridgehead atoms. The lowest BCUT2D eigenvalue weighted by Gasteiger charge is -2.27. The molecule has 1 aliphatic rings. The largest absolute Gasteiger partial charge is 0.479 e. The first-order chi connectivity index (χ1) is 8.56. The van der Waals surface area contributed by atoms with E-state index in [0.29, 0.717) is 18.3 Å². The molecule has 1 aromatic heterocycles. The van der Waals surface area contributed by atoms with Gasteiger partial charge in [0.25, 0.3) is 0 Å². The van der Waals surface area contributed by atoms with E-state index in [2.05, 4.69) is 4.98 Å². The van der Waals surface area contributed by atoms with Crippen LogP contribution in [0.25, 0.3) is 0 Å². The SMILES string of the molecule is CCN(C(C)=O)C(C(=O)O)c1cncn1C1CC1. The molecular weight excluding hydrogens is 234 g/mol. The van der Waals surface area contributed by atoms with E-state index in [4.69, 9.17) is 0 Å². The van der Waals surface area contributed by atoms with E-state index >= 15 is 0 Å². The Bertz CT molecular complexity index is 465. The van der Waals surface area contributed by atoms with Gasteiger partial charge in [-0.2, -0.15) is 0 Å². The number of rotatable bonds is 5. The second-order valence-corrected chi connectivity index (χ2v) is 4.50. The van der Waals surface area contributed by atoms with E-state index in [1.54, 1.807) is 19.4 Å². The van der Waals surface area contributed by atoms with Crippen LogP contribution < -0.4 is 0 Å². The van der Waals surface area contributed by atoms with Crippen LogP contribution in [0.15, 0.2) is 12.5 Å². The summed E-state index contributed by atoms with van der Waals surface area (Å²) in [6, 6.07) is -0.606. The van der Waals surface area contributed by atoms with E-state index in [1.807, 2.05) is 4.57 Å². The quantitative estimate of drug-likeness (QED) is 0.853. The maximum absolute atomic E-state index is 11.5.